The monoisotopic (exact) mass is 346 g/mol. The van der Waals surface area contributed by atoms with Gasteiger partial charge >= 0.3 is 6.03 Å². The Morgan fingerprint density at radius 2 is 1.92 bits per heavy atom. The highest BCUT2D eigenvalue weighted by Crippen LogP contribution is 2.29. The van der Waals surface area contributed by atoms with Crippen molar-refractivity contribution in [2.24, 2.45) is 0 Å². The molecule has 1 fully saturated rings. The molecule has 1 aromatic carbocycles. The van der Waals surface area contributed by atoms with E-state index in [1.165, 1.54) is 0 Å². The van der Waals surface area contributed by atoms with E-state index in [1.54, 1.807) is 37.3 Å². The lowest BCUT2D eigenvalue weighted by Gasteiger charge is -2.34. The molecule has 8 nitrogen and oxygen atoms in total. The summed E-state index contributed by atoms with van der Waals surface area (Å²) in [6.45, 7) is 4.49. The Balaban J connectivity index is 1.59. The first kappa shape index (κ1) is 16.9. The van der Waals surface area contributed by atoms with Gasteiger partial charge in [-0.05, 0) is 19.1 Å². The fourth-order valence-corrected chi connectivity index (χ4v) is 2.74. The van der Waals surface area contributed by atoms with E-state index in [4.69, 9.17) is 14.0 Å². The van der Waals surface area contributed by atoms with Gasteiger partial charge in [-0.25, -0.2) is 4.79 Å². The highest BCUT2D eigenvalue weighted by Gasteiger charge is 2.23. The van der Waals surface area contributed by atoms with Crippen LogP contribution in [0.25, 0.3) is 0 Å². The van der Waals surface area contributed by atoms with Gasteiger partial charge in [-0.1, -0.05) is 5.16 Å². The van der Waals surface area contributed by atoms with Crippen molar-refractivity contribution in [3.8, 4) is 11.5 Å². The molecule has 2 aromatic rings. The predicted octanol–water partition coefficient (Wildman–Crippen LogP) is 2.35. The van der Waals surface area contributed by atoms with Crippen LogP contribution >= 0.6 is 0 Å². The lowest BCUT2D eigenvalue weighted by Crippen LogP contribution is -2.50. The van der Waals surface area contributed by atoms with Gasteiger partial charge in [0.05, 0.1) is 19.9 Å². The Morgan fingerprint density at radius 3 is 2.52 bits per heavy atom. The van der Waals surface area contributed by atoms with E-state index in [-0.39, 0.29) is 6.03 Å². The van der Waals surface area contributed by atoms with Crippen molar-refractivity contribution < 1.29 is 18.8 Å². The Bertz CT molecular complexity index is 738. The minimum atomic E-state index is -0.153. The number of nitrogens with one attached hydrogen (secondary N) is 1. The van der Waals surface area contributed by atoms with Gasteiger partial charge in [0.15, 0.2) is 5.82 Å². The van der Waals surface area contributed by atoms with Crippen LogP contribution in [-0.2, 0) is 0 Å². The summed E-state index contributed by atoms with van der Waals surface area (Å²) in [7, 11) is 3.14. The van der Waals surface area contributed by atoms with Gasteiger partial charge in [0.25, 0.3) is 0 Å². The summed E-state index contributed by atoms with van der Waals surface area (Å²) in [6, 6.07) is 7.03. The molecule has 0 saturated carbocycles. The maximum Gasteiger partial charge on any atom is 0.322 e. The number of carbonyl (C=O) groups is 1. The molecule has 0 unspecified atom stereocenters. The Kier molecular flexibility index (Phi) is 4.97. The van der Waals surface area contributed by atoms with Gasteiger partial charge < -0.3 is 29.1 Å². The number of piperazine rings is 1. The molecule has 1 aliphatic rings. The quantitative estimate of drug-likeness (QED) is 0.915. The normalized spacial score (nSPS) is 14.4. The van der Waals surface area contributed by atoms with Crippen LogP contribution in [0.5, 0.6) is 11.5 Å². The van der Waals surface area contributed by atoms with Crippen LogP contribution in [0.4, 0.5) is 16.3 Å². The maximum atomic E-state index is 12.5. The van der Waals surface area contributed by atoms with Crippen molar-refractivity contribution in [3.05, 3.63) is 30.0 Å². The molecule has 0 radical (unpaired) electrons. The highest BCUT2D eigenvalue weighted by molar-refractivity contribution is 5.91. The zero-order valence-electron chi connectivity index (χ0n) is 14.6. The van der Waals surface area contributed by atoms with E-state index >= 15 is 0 Å². The predicted molar refractivity (Wildman–Crippen MR) is 93.6 cm³/mol. The van der Waals surface area contributed by atoms with E-state index in [0.717, 1.165) is 11.6 Å². The van der Waals surface area contributed by atoms with Crippen LogP contribution in [0.3, 0.4) is 0 Å². The van der Waals surface area contributed by atoms with Crippen LogP contribution in [0, 0.1) is 6.92 Å². The number of nitrogens with zero attached hydrogens (tertiary/aromatic N) is 3. The van der Waals surface area contributed by atoms with Crippen molar-refractivity contribution in [1.82, 2.24) is 10.1 Å². The van der Waals surface area contributed by atoms with E-state index in [9.17, 15) is 4.79 Å². The molecule has 134 valence electrons. The zero-order chi connectivity index (χ0) is 17.8. The molecule has 1 aliphatic heterocycles. The topological polar surface area (TPSA) is 80.1 Å². The minimum Gasteiger partial charge on any atom is -0.497 e. The molecule has 0 atom stereocenters. The Morgan fingerprint density at radius 1 is 1.16 bits per heavy atom. The van der Waals surface area contributed by atoms with E-state index in [2.05, 4.69) is 15.4 Å². The molecule has 2 heterocycles. The number of aryl methyl sites for hydroxylation is 1. The Labute approximate surface area is 146 Å². The molecule has 8 heteroatoms. The number of amides is 2. The number of aromatic nitrogens is 1. The third-order valence-corrected chi connectivity index (χ3v) is 4.16. The van der Waals surface area contributed by atoms with Crippen molar-refractivity contribution in [3.63, 3.8) is 0 Å². The number of benzene rings is 1. The summed E-state index contributed by atoms with van der Waals surface area (Å²) in [5.41, 5.74) is 0.614. The van der Waals surface area contributed by atoms with E-state index in [0.29, 0.717) is 43.4 Å². The third kappa shape index (κ3) is 3.78. The SMILES string of the molecule is COc1ccc(NC(=O)N2CCN(c3cc(C)on3)CC2)c(OC)c1. The second-order valence-electron chi connectivity index (χ2n) is 5.77. The van der Waals surface area contributed by atoms with Gasteiger partial charge in [-0.15, -0.1) is 0 Å². The number of rotatable bonds is 4. The number of carbonyl (C=O) groups excluding carboxylic acids is 1. The maximum absolute atomic E-state index is 12.5. The van der Waals surface area contributed by atoms with Crippen LogP contribution < -0.4 is 19.7 Å². The van der Waals surface area contributed by atoms with Crippen LogP contribution in [0.15, 0.2) is 28.8 Å². The molecular formula is C17H22N4O4. The summed E-state index contributed by atoms with van der Waals surface area (Å²) in [6.07, 6.45) is 0. The number of anilines is 2. The van der Waals surface area contributed by atoms with Gasteiger partial charge in [-0.2, -0.15) is 0 Å². The van der Waals surface area contributed by atoms with Crippen LogP contribution in [0.2, 0.25) is 0 Å². The molecule has 0 aliphatic carbocycles. The highest BCUT2D eigenvalue weighted by atomic mass is 16.5. The molecule has 1 aromatic heterocycles. The zero-order valence-corrected chi connectivity index (χ0v) is 14.6. The van der Waals surface area contributed by atoms with Gasteiger partial charge in [0.2, 0.25) is 0 Å². The minimum absolute atomic E-state index is 0.153. The van der Waals surface area contributed by atoms with Gasteiger partial charge in [-0.3, -0.25) is 0 Å². The number of hydrogen-bond acceptors (Lipinski definition) is 6. The molecule has 0 bridgehead atoms. The fourth-order valence-electron chi connectivity index (χ4n) is 2.74. The second-order valence-corrected chi connectivity index (χ2v) is 5.77. The first-order valence-electron chi connectivity index (χ1n) is 8.07. The van der Waals surface area contributed by atoms with Gasteiger partial charge in [0.1, 0.15) is 17.3 Å². The molecule has 2 amide bonds. The average Bonchev–Trinajstić information content (AvgIpc) is 3.08. The lowest BCUT2D eigenvalue weighted by molar-refractivity contribution is 0.207. The van der Waals surface area contributed by atoms with E-state index in [1.807, 2.05) is 13.0 Å². The largest absolute Gasteiger partial charge is 0.497 e. The average molecular weight is 346 g/mol. The second kappa shape index (κ2) is 7.33. The number of ether oxygens (including phenoxy) is 2. The number of methoxy groups -OCH3 is 2. The van der Waals surface area contributed by atoms with E-state index < -0.39 is 0 Å². The summed E-state index contributed by atoms with van der Waals surface area (Å²) in [4.78, 5) is 16.4. The van der Waals surface area contributed by atoms with Crippen LogP contribution in [0.1, 0.15) is 5.76 Å². The molecular weight excluding hydrogens is 324 g/mol. The lowest BCUT2D eigenvalue weighted by atomic mass is 10.2. The summed E-state index contributed by atoms with van der Waals surface area (Å²) >= 11 is 0. The first-order valence-corrected chi connectivity index (χ1v) is 8.07. The summed E-state index contributed by atoms with van der Waals surface area (Å²) in [5, 5.41) is 6.91. The number of urea groups is 1. The number of hydrogen-bond donors (Lipinski definition) is 1. The molecule has 1 N–H and O–H groups in total. The van der Waals surface area contributed by atoms with Crippen LogP contribution in [-0.4, -0.2) is 56.5 Å². The van der Waals surface area contributed by atoms with Crippen molar-refractivity contribution in [2.45, 2.75) is 6.92 Å². The standard InChI is InChI=1S/C17H22N4O4/c1-12-10-16(19-25-12)20-6-8-21(9-7-20)17(22)18-14-5-4-13(23-2)11-15(14)24-3/h4-5,10-11H,6-9H2,1-3H3,(H,18,22). The third-order valence-electron chi connectivity index (χ3n) is 4.16. The molecule has 0 spiro atoms. The van der Waals surface area contributed by atoms with Crippen molar-refractivity contribution in [1.29, 1.82) is 0 Å². The summed E-state index contributed by atoms with van der Waals surface area (Å²) in [5.74, 6) is 2.83. The van der Waals surface area contributed by atoms with Gasteiger partial charge in [0, 0.05) is 38.3 Å². The first-order chi connectivity index (χ1) is 12.1. The van der Waals surface area contributed by atoms with Crippen molar-refractivity contribution >= 4 is 17.5 Å². The molecule has 25 heavy (non-hydrogen) atoms. The molecule has 3 rings (SSSR count). The summed E-state index contributed by atoms with van der Waals surface area (Å²) < 4.78 is 15.6. The van der Waals surface area contributed by atoms with Crippen molar-refractivity contribution in [2.75, 3.05) is 50.6 Å². The fraction of sp³-hybridized carbons (Fsp3) is 0.412. The molecule has 1 saturated heterocycles. The Hall–Kier alpha value is -2.90. The smallest absolute Gasteiger partial charge is 0.322 e.